The third kappa shape index (κ3) is 3.42. The van der Waals surface area contributed by atoms with E-state index < -0.39 is 10.1 Å². The molecule has 2 aromatic rings. The Morgan fingerprint density at radius 2 is 1.74 bits per heavy atom. The van der Waals surface area contributed by atoms with E-state index in [1.54, 1.807) is 26.0 Å². The van der Waals surface area contributed by atoms with Crippen LogP contribution in [-0.2, 0) is 10.1 Å². The lowest BCUT2D eigenvalue weighted by molar-refractivity contribution is 0.389. The highest BCUT2D eigenvalue weighted by atomic mass is 32.2. The van der Waals surface area contributed by atoms with Crippen molar-refractivity contribution in [3.05, 3.63) is 41.3 Å². The smallest absolute Gasteiger partial charge is 0.344 e. The van der Waals surface area contributed by atoms with Gasteiger partial charge < -0.3 is 8.71 Å². The van der Waals surface area contributed by atoms with Gasteiger partial charge in [-0.3, -0.25) is 0 Å². The van der Waals surface area contributed by atoms with Crippen LogP contribution in [-0.4, -0.2) is 13.6 Å². The molecule has 0 unspecified atom stereocenters. The van der Waals surface area contributed by atoms with Crippen molar-refractivity contribution in [3.8, 4) is 5.75 Å². The lowest BCUT2D eigenvalue weighted by Crippen LogP contribution is -2.11. The van der Waals surface area contributed by atoms with E-state index in [9.17, 15) is 8.42 Å². The normalized spacial score (nSPS) is 16.4. The summed E-state index contributed by atoms with van der Waals surface area (Å²) in [5.74, 6) is 1.13. The Morgan fingerprint density at radius 1 is 1.09 bits per heavy atom. The molecule has 1 aliphatic rings. The second kappa shape index (κ2) is 6.35. The summed E-state index contributed by atoms with van der Waals surface area (Å²) < 4.78 is 34.9. The van der Waals surface area contributed by atoms with Crippen molar-refractivity contribution >= 4 is 10.1 Å². The molecule has 1 fully saturated rings. The van der Waals surface area contributed by atoms with Gasteiger partial charge in [0.15, 0.2) is 10.7 Å². The Bertz CT molecular complexity index is 752. The summed E-state index contributed by atoms with van der Waals surface area (Å²) in [6.45, 7) is 3.14. The van der Waals surface area contributed by atoms with E-state index in [2.05, 4.69) is 5.16 Å². The first-order valence-corrected chi connectivity index (χ1v) is 9.35. The van der Waals surface area contributed by atoms with E-state index in [1.165, 1.54) is 37.7 Å². The van der Waals surface area contributed by atoms with Gasteiger partial charge in [-0.1, -0.05) is 36.6 Å². The number of benzene rings is 1. The highest BCUT2D eigenvalue weighted by Gasteiger charge is 2.26. The number of rotatable bonds is 4. The molecular weight excluding hydrogens is 314 g/mol. The van der Waals surface area contributed by atoms with Gasteiger partial charge in [-0.15, -0.1) is 0 Å². The van der Waals surface area contributed by atoms with Gasteiger partial charge in [-0.05, 0) is 50.3 Å². The predicted molar refractivity (Wildman–Crippen MR) is 86.1 cm³/mol. The monoisotopic (exact) mass is 335 g/mol. The fourth-order valence-electron chi connectivity index (χ4n) is 3.23. The molecule has 1 saturated carbocycles. The molecule has 0 amide bonds. The highest BCUT2D eigenvalue weighted by molar-refractivity contribution is 7.87. The molecule has 1 aromatic carbocycles. The molecule has 0 spiro atoms. The van der Waals surface area contributed by atoms with Crippen molar-refractivity contribution in [3.63, 3.8) is 0 Å². The lowest BCUT2D eigenvalue weighted by Gasteiger charge is -2.22. The number of hydrogen-bond donors (Lipinski definition) is 0. The van der Waals surface area contributed by atoms with Crippen LogP contribution in [0.4, 0.5) is 0 Å². The van der Waals surface area contributed by atoms with Crippen LogP contribution in [0, 0.1) is 13.8 Å². The topological polar surface area (TPSA) is 69.4 Å². The average Bonchev–Trinajstić information content (AvgIpc) is 2.88. The van der Waals surface area contributed by atoms with E-state index in [0.717, 1.165) is 0 Å². The minimum absolute atomic E-state index is 0.00820. The zero-order chi connectivity index (χ0) is 16.4. The molecule has 5 nitrogen and oxygen atoms in total. The quantitative estimate of drug-likeness (QED) is 0.787. The predicted octanol–water partition coefficient (Wildman–Crippen LogP) is 4.11. The molecule has 0 N–H and O–H groups in total. The van der Waals surface area contributed by atoms with Gasteiger partial charge in [0.2, 0.25) is 0 Å². The molecule has 1 heterocycles. The molecule has 1 aliphatic carbocycles. The molecule has 3 rings (SSSR count). The molecule has 0 aliphatic heterocycles. The SMILES string of the molecule is Cc1noc(C)c1S(=O)(=O)Oc1ccc(C2CCCCC2)cc1. The van der Waals surface area contributed by atoms with E-state index in [4.69, 9.17) is 8.71 Å². The molecule has 0 atom stereocenters. The van der Waals surface area contributed by atoms with E-state index in [-0.39, 0.29) is 10.7 Å². The van der Waals surface area contributed by atoms with Crippen LogP contribution in [0.3, 0.4) is 0 Å². The zero-order valence-corrected chi connectivity index (χ0v) is 14.2. The van der Waals surface area contributed by atoms with Crippen molar-refractivity contribution in [2.75, 3.05) is 0 Å². The molecular formula is C17H21NO4S. The van der Waals surface area contributed by atoms with E-state index in [1.807, 2.05) is 12.1 Å². The summed E-state index contributed by atoms with van der Waals surface area (Å²) in [6.07, 6.45) is 6.26. The summed E-state index contributed by atoms with van der Waals surface area (Å²) in [6, 6.07) is 7.38. The second-order valence-corrected chi connectivity index (χ2v) is 7.58. The van der Waals surface area contributed by atoms with Gasteiger partial charge in [-0.2, -0.15) is 8.42 Å². The Labute approximate surface area is 136 Å². The van der Waals surface area contributed by atoms with Gasteiger partial charge >= 0.3 is 10.1 Å². The summed E-state index contributed by atoms with van der Waals surface area (Å²) >= 11 is 0. The van der Waals surface area contributed by atoms with Crippen LogP contribution in [0.25, 0.3) is 0 Å². The Kier molecular flexibility index (Phi) is 4.43. The Morgan fingerprint density at radius 3 is 2.30 bits per heavy atom. The van der Waals surface area contributed by atoms with Crippen molar-refractivity contribution in [1.82, 2.24) is 5.16 Å². The van der Waals surface area contributed by atoms with Crippen LogP contribution in [0.2, 0.25) is 0 Å². The largest absolute Gasteiger partial charge is 0.379 e. The Balaban J connectivity index is 1.78. The molecule has 124 valence electrons. The number of nitrogens with zero attached hydrogens (tertiary/aromatic N) is 1. The number of aromatic nitrogens is 1. The maximum absolute atomic E-state index is 12.4. The highest BCUT2D eigenvalue weighted by Crippen LogP contribution is 2.33. The van der Waals surface area contributed by atoms with Crippen molar-refractivity contribution in [1.29, 1.82) is 0 Å². The van der Waals surface area contributed by atoms with Gasteiger partial charge in [-0.25, -0.2) is 0 Å². The molecule has 0 saturated heterocycles. The summed E-state index contributed by atoms with van der Waals surface area (Å²) in [7, 11) is -3.93. The van der Waals surface area contributed by atoms with Crippen LogP contribution in [0.5, 0.6) is 5.75 Å². The van der Waals surface area contributed by atoms with Crippen molar-refractivity contribution in [2.45, 2.75) is 56.8 Å². The van der Waals surface area contributed by atoms with Crippen molar-refractivity contribution in [2.24, 2.45) is 0 Å². The summed E-state index contributed by atoms with van der Waals surface area (Å²) in [5, 5.41) is 3.67. The fraction of sp³-hybridized carbons (Fsp3) is 0.471. The van der Waals surface area contributed by atoms with Gasteiger partial charge in [0, 0.05) is 0 Å². The van der Waals surface area contributed by atoms with Gasteiger partial charge in [0.25, 0.3) is 0 Å². The summed E-state index contributed by atoms with van der Waals surface area (Å²) in [4.78, 5) is 0.00820. The van der Waals surface area contributed by atoms with Crippen LogP contribution < -0.4 is 4.18 Å². The number of aryl methyl sites for hydroxylation is 2. The van der Waals surface area contributed by atoms with Crippen LogP contribution in [0.15, 0.2) is 33.7 Å². The zero-order valence-electron chi connectivity index (χ0n) is 13.4. The minimum Gasteiger partial charge on any atom is -0.379 e. The lowest BCUT2D eigenvalue weighted by atomic mass is 9.84. The molecule has 6 heteroatoms. The Hall–Kier alpha value is -1.82. The first kappa shape index (κ1) is 16.1. The first-order chi connectivity index (χ1) is 11.0. The summed E-state index contributed by atoms with van der Waals surface area (Å²) in [5.41, 5.74) is 1.56. The molecule has 0 bridgehead atoms. The maximum Gasteiger partial charge on any atom is 0.344 e. The third-order valence-corrected chi connectivity index (χ3v) is 5.88. The standard InChI is InChI=1S/C17H21NO4S/c1-12-17(13(2)21-18-12)23(19,20)22-16-10-8-15(9-11-16)14-6-4-3-5-7-14/h8-11,14H,3-7H2,1-2H3. The molecule has 23 heavy (non-hydrogen) atoms. The van der Waals surface area contributed by atoms with Crippen LogP contribution in [0.1, 0.15) is 55.0 Å². The fourth-order valence-corrected chi connectivity index (χ4v) is 4.47. The average molecular weight is 335 g/mol. The van der Waals surface area contributed by atoms with Crippen LogP contribution >= 0.6 is 0 Å². The number of hydrogen-bond acceptors (Lipinski definition) is 5. The second-order valence-electron chi connectivity index (χ2n) is 6.09. The maximum atomic E-state index is 12.4. The van der Waals surface area contributed by atoms with Gasteiger partial charge in [0.1, 0.15) is 11.4 Å². The van der Waals surface area contributed by atoms with E-state index >= 15 is 0 Å². The minimum atomic E-state index is -3.93. The third-order valence-electron chi connectivity index (χ3n) is 4.38. The first-order valence-electron chi connectivity index (χ1n) is 7.95. The van der Waals surface area contributed by atoms with E-state index in [0.29, 0.717) is 17.4 Å². The van der Waals surface area contributed by atoms with Crippen molar-refractivity contribution < 1.29 is 17.1 Å². The van der Waals surface area contributed by atoms with Gasteiger partial charge in [0.05, 0.1) is 0 Å². The molecule has 1 aromatic heterocycles. The molecule has 0 radical (unpaired) electrons.